The van der Waals surface area contributed by atoms with Crippen molar-refractivity contribution in [2.75, 3.05) is 6.61 Å². The number of carbonyl (C=O) groups is 3. The Balaban J connectivity index is 1.77. The van der Waals surface area contributed by atoms with Crippen LogP contribution in [-0.2, 0) is 19.1 Å². The van der Waals surface area contributed by atoms with E-state index in [1.165, 1.54) is 13.0 Å². The van der Waals surface area contributed by atoms with Crippen LogP contribution in [0.1, 0.15) is 53.4 Å². The van der Waals surface area contributed by atoms with Crippen LogP contribution in [0.2, 0.25) is 0 Å². The molecule has 0 saturated heterocycles. The van der Waals surface area contributed by atoms with Gasteiger partial charge in [0.1, 0.15) is 5.60 Å². The molecular weight excluding hydrogens is 403 g/mol. The zero-order valence-corrected chi connectivity index (χ0v) is 18.5. The van der Waals surface area contributed by atoms with E-state index in [9.17, 15) is 24.6 Å². The van der Waals surface area contributed by atoms with E-state index in [1.807, 2.05) is 6.08 Å². The van der Waals surface area contributed by atoms with Gasteiger partial charge >= 0.3 is 5.97 Å². The first kappa shape index (κ1) is 22.3. The van der Waals surface area contributed by atoms with Gasteiger partial charge in [0.05, 0.1) is 6.10 Å². The fourth-order valence-electron chi connectivity index (χ4n) is 7.32. The van der Waals surface area contributed by atoms with Gasteiger partial charge < -0.3 is 14.9 Å². The lowest BCUT2D eigenvalue weighted by Gasteiger charge is -2.62. The number of Topliss-reactive ketones (excluding diaryl/α,β-unsaturated/α-hetero) is 1. The summed E-state index contributed by atoms with van der Waals surface area (Å²) < 4.78 is 21.9. The normalized spacial score (nSPS) is 48.4. The molecule has 4 rings (SSSR count). The minimum atomic E-state index is -2.01. The number of esters is 1. The Bertz CT molecular complexity index is 910. The van der Waals surface area contributed by atoms with Crippen molar-refractivity contribution in [3.63, 3.8) is 0 Å². The molecule has 0 bridgehead atoms. The third-order valence-corrected chi connectivity index (χ3v) is 9.02. The summed E-state index contributed by atoms with van der Waals surface area (Å²) in [6, 6.07) is 0. The number of ketones is 2. The number of rotatable bonds is 3. The van der Waals surface area contributed by atoms with Crippen molar-refractivity contribution in [1.29, 1.82) is 0 Å². The average Bonchev–Trinajstić information content (AvgIpc) is 2.89. The maximum absolute atomic E-state index is 17.0. The zero-order chi connectivity index (χ0) is 23.0. The Labute approximate surface area is 181 Å². The Morgan fingerprint density at radius 2 is 1.97 bits per heavy atom. The molecule has 0 amide bonds. The van der Waals surface area contributed by atoms with Crippen LogP contribution in [0, 0.1) is 28.6 Å². The number of fused-ring (bicyclic) bond motifs is 5. The van der Waals surface area contributed by atoms with Crippen LogP contribution in [0.3, 0.4) is 0 Å². The molecule has 0 heterocycles. The minimum absolute atomic E-state index is 0.0826. The Hall–Kier alpha value is -1.86. The second kappa shape index (κ2) is 6.82. The van der Waals surface area contributed by atoms with E-state index >= 15 is 4.39 Å². The van der Waals surface area contributed by atoms with E-state index in [-0.39, 0.29) is 24.5 Å². The maximum atomic E-state index is 17.0. The molecule has 8 atom stereocenters. The Kier molecular flexibility index (Phi) is 4.91. The third kappa shape index (κ3) is 2.65. The molecule has 2 fully saturated rings. The molecule has 0 radical (unpaired) electrons. The van der Waals surface area contributed by atoms with Crippen molar-refractivity contribution in [2.24, 2.45) is 28.6 Å². The monoisotopic (exact) mass is 434 g/mol. The summed E-state index contributed by atoms with van der Waals surface area (Å²) in [7, 11) is 0. The smallest absolute Gasteiger partial charge is 0.303 e. The molecule has 170 valence electrons. The van der Waals surface area contributed by atoms with Gasteiger partial charge in [-0.05, 0) is 44.1 Å². The van der Waals surface area contributed by atoms with Gasteiger partial charge in [-0.2, -0.15) is 0 Å². The highest BCUT2D eigenvalue weighted by atomic mass is 19.1. The average molecular weight is 435 g/mol. The topological polar surface area (TPSA) is 101 Å². The SMILES string of the molecule is CC(=O)OCC(=O)[C@@]1(O)[C@H](C)C[C@H]2[C@@H]3CC=C4CC(=O)C=C[C@]4(C)[C@@]3(F)[C@@H](O)C[C@@]21C. The van der Waals surface area contributed by atoms with Crippen LogP contribution >= 0.6 is 0 Å². The molecule has 0 unspecified atom stereocenters. The van der Waals surface area contributed by atoms with Gasteiger partial charge in [0.2, 0.25) is 5.78 Å². The molecule has 4 aliphatic rings. The lowest BCUT2D eigenvalue weighted by molar-refractivity contribution is -0.215. The second-order valence-electron chi connectivity index (χ2n) is 10.4. The fraction of sp³-hybridized carbons (Fsp3) is 0.708. The number of hydrogen-bond donors (Lipinski definition) is 2. The van der Waals surface area contributed by atoms with Crippen molar-refractivity contribution >= 4 is 17.5 Å². The van der Waals surface area contributed by atoms with Gasteiger partial charge in [0.25, 0.3) is 0 Å². The zero-order valence-electron chi connectivity index (χ0n) is 18.5. The first-order chi connectivity index (χ1) is 14.3. The second-order valence-corrected chi connectivity index (χ2v) is 10.4. The summed E-state index contributed by atoms with van der Waals surface area (Å²) >= 11 is 0. The first-order valence-electron chi connectivity index (χ1n) is 11.0. The summed E-state index contributed by atoms with van der Waals surface area (Å²) in [4.78, 5) is 36.2. The molecule has 4 aliphatic carbocycles. The van der Waals surface area contributed by atoms with Crippen LogP contribution in [0.5, 0.6) is 0 Å². The lowest BCUT2D eigenvalue weighted by Crippen LogP contribution is -2.69. The van der Waals surface area contributed by atoms with E-state index in [0.717, 1.165) is 0 Å². The number of carbonyl (C=O) groups excluding carboxylic acids is 3. The van der Waals surface area contributed by atoms with Crippen molar-refractivity contribution < 1.29 is 33.7 Å². The Morgan fingerprint density at radius 1 is 1.29 bits per heavy atom. The molecule has 7 heteroatoms. The highest BCUT2D eigenvalue weighted by Crippen LogP contribution is 2.70. The predicted octanol–water partition coefficient (Wildman–Crippen LogP) is 2.47. The van der Waals surface area contributed by atoms with Crippen molar-refractivity contribution in [3.8, 4) is 0 Å². The summed E-state index contributed by atoms with van der Waals surface area (Å²) in [6.45, 7) is 5.88. The maximum Gasteiger partial charge on any atom is 0.303 e. The predicted molar refractivity (Wildman–Crippen MR) is 109 cm³/mol. The molecule has 0 aromatic rings. The summed E-state index contributed by atoms with van der Waals surface area (Å²) in [5, 5.41) is 22.9. The lowest BCUT2D eigenvalue weighted by atomic mass is 9.45. The summed E-state index contributed by atoms with van der Waals surface area (Å²) in [6.07, 6.45) is 4.26. The van der Waals surface area contributed by atoms with Crippen LogP contribution < -0.4 is 0 Å². The van der Waals surface area contributed by atoms with E-state index in [0.29, 0.717) is 18.4 Å². The van der Waals surface area contributed by atoms with E-state index in [4.69, 9.17) is 4.74 Å². The largest absolute Gasteiger partial charge is 0.458 e. The van der Waals surface area contributed by atoms with Crippen molar-refractivity contribution in [2.45, 2.75) is 70.8 Å². The van der Waals surface area contributed by atoms with Crippen LogP contribution in [-0.4, -0.2) is 51.7 Å². The number of aliphatic hydroxyl groups is 2. The van der Waals surface area contributed by atoms with Gasteiger partial charge in [-0.15, -0.1) is 0 Å². The Morgan fingerprint density at radius 3 is 2.61 bits per heavy atom. The van der Waals surface area contributed by atoms with Gasteiger partial charge in [0.15, 0.2) is 18.1 Å². The third-order valence-electron chi connectivity index (χ3n) is 9.02. The standard InChI is InChI=1S/C24H31FO6/c1-13-9-18-17-6-5-15-10-16(27)7-8-21(15,3)23(17,25)19(28)11-22(18,4)24(13,30)20(29)12-31-14(2)26/h5,7-8,13,17-19,28,30H,6,9-12H2,1-4H3/t13-,17+,18+,19+,21+,22+,23+,24+/m1/s1. The van der Waals surface area contributed by atoms with Crippen molar-refractivity contribution in [3.05, 3.63) is 23.8 Å². The van der Waals surface area contributed by atoms with E-state index in [2.05, 4.69) is 0 Å². The molecule has 0 aromatic carbocycles. The first-order valence-corrected chi connectivity index (χ1v) is 11.0. The van der Waals surface area contributed by atoms with Gasteiger partial charge in [-0.1, -0.05) is 31.6 Å². The molecule has 6 nitrogen and oxygen atoms in total. The molecular formula is C24H31FO6. The van der Waals surface area contributed by atoms with Crippen LogP contribution in [0.4, 0.5) is 4.39 Å². The number of allylic oxidation sites excluding steroid dienone is 4. The summed E-state index contributed by atoms with van der Waals surface area (Å²) in [5.74, 6) is -2.77. The number of alkyl halides is 1. The van der Waals surface area contributed by atoms with Gasteiger partial charge in [0, 0.05) is 30.1 Å². The summed E-state index contributed by atoms with van der Waals surface area (Å²) in [5.41, 5.74) is -5.34. The van der Waals surface area contributed by atoms with Crippen LogP contribution in [0.25, 0.3) is 0 Å². The quantitative estimate of drug-likeness (QED) is 0.523. The van der Waals surface area contributed by atoms with Crippen LogP contribution in [0.15, 0.2) is 23.8 Å². The molecule has 0 spiro atoms. The highest BCUT2D eigenvalue weighted by molar-refractivity contribution is 5.94. The molecule has 0 aromatic heterocycles. The van der Waals surface area contributed by atoms with Crippen molar-refractivity contribution in [1.82, 2.24) is 0 Å². The molecule has 2 N–H and O–H groups in total. The van der Waals surface area contributed by atoms with Gasteiger partial charge in [-0.25, -0.2) is 4.39 Å². The minimum Gasteiger partial charge on any atom is -0.458 e. The molecule has 0 aliphatic heterocycles. The molecule has 2 saturated carbocycles. The molecule has 31 heavy (non-hydrogen) atoms. The number of hydrogen-bond acceptors (Lipinski definition) is 6. The highest BCUT2D eigenvalue weighted by Gasteiger charge is 2.75. The number of halogens is 1. The van der Waals surface area contributed by atoms with Gasteiger partial charge in [-0.3, -0.25) is 14.4 Å². The number of aliphatic hydroxyl groups excluding tert-OH is 1. The van der Waals surface area contributed by atoms with E-state index < -0.39 is 58.4 Å². The fourth-order valence-corrected chi connectivity index (χ4v) is 7.32. The number of ether oxygens (including phenoxy) is 1. The van der Waals surface area contributed by atoms with E-state index in [1.54, 1.807) is 26.8 Å².